The van der Waals surface area contributed by atoms with E-state index in [1.807, 2.05) is 18.2 Å². The van der Waals surface area contributed by atoms with E-state index in [1.54, 1.807) is 36.7 Å². The third-order valence-electron chi connectivity index (χ3n) is 2.97. The van der Waals surface area contributed by atoms with E-state index in [2.05, 4.69) is 10.3 Å². The van der Waals surface area contributed by atoms with Crippen molar-refractivity contribution in [1.82, 2.24) is 10.3 Å². The molecule has 1 aromatic carbocycles. The van der Waals surface area contributed by atoms with Gasteiger partial charge in [-0.05, 0) is 11.6 Å². The first-order valence-corrected chi connectivity index (χ1v) is 6.74. The van der Waals surface area contributed by atoms with E-state index in [0.29, 0.717) is 0 Å². The van der Waals surface area contributed by atoms with Gasteiger partial charge in [0.05, 0.1) is 0 Å². The Bertz CT molecular complexity index is 617. The van der Waals surface area contributed by atoms with Crippen LogP contribution in [0.15, 0.2) is 54.9 Å². The van der Waals surface area contributed by atoms with Crippen molar-refractivity contribution in [2.75, 3.05) is 0 Å². The summed E-state index contributed by atoms with van der Waals surface area (Å²) in [4.78, 5) is 26.8. The predicted molar refractivity (Wildman–Crippen MR) is 79.1 cm³/mol. The van der Waals surface area contributed by atoms with Gasteiger partial charge in [-0.15, -0.1) is 0 Å². The van der Waals surface area contributed by atoms with E-state index in [4.69, 9.17) is 4.74 Å². The van der Waals surface area contributed by atoms with Crippen molar-refractivity contribution in [2.24, 2.45) is 0 Å². The number of pyridine rings is 1. The number of benzene rings is 1. The van der Waals surface area contributed by atoms with Crippen molar-refractivity contribution in [1.29, 1.82) is 0 Å². The van der Waals surface area contributed by atoms with Gasteiger partial charge in [-0.25, -0.2) is 9.59 Å². The van der Waals surface area contributed by atoms with Gasteiger partial charge >= 0.3 is 12.1 Å². The Morgan fingerprint density at radius 2 is 1.86 bits per heavy atom. The molecule has 0 spiro atoms. The van der Waals surface area contributed by atoms with Crippen LogP contribution < -0.4 is 5.32 Å². The molecule has 0 bridgehead atoms. The SMILES string of the molecule is O=C(N[C@@H](Cc1ccccc1)C(=O)O)OCc1cccnc1. The molecule has 1 atom stereocenters. The summed E-state index contributed by atoms with van der Waals surface area (Å²) in [6.07, 6.45) is 2.61. The van der Waals surface area contributed by atoms with Gasteiger partial charge in [-0.2, -0.15) is 0 Å². The lowest BCUT2D eigenvalue weighted by molar-refractivity contribution is -0.139. The van der Waals surface area contributed by atoms with Gasteiger partial charge in [0.15, 0.2) is 0 Å². The Morgan fingerprint density at radius 3 is 2.50 bits per heavy atom. The van der Waals surface area contributed by atoms with Gasteiger partial charge in [-0.3, -0.25) is 4.98 Å². The van der Waals surface area contributed by atoms with E-state index in [0.717, 1.165) is 11.1 Å². The maximum absolute atomic E-state index is 11.7. The van der Waals surface area contributed by atoms with Crippen molar-refractivity contribution >= 4 is 12.1 Å². The summed E-state index contributed by atoms with van der Waals surface area (Å²) in [5.74, 6) is -1.11. The minimum atomic E-state index is -1.11. The third kappa shape index (κ3) is 4.90. The molecule has 0 saturated carbocycles. The van der Waals surface area contributed by atoms with E-state index >= 15 is 0 Å². The largest absolute Gasteiger partial charge is 0.480 e. The highest BCUT2D eigenvalue weighted by molar-refractivity contribution is 5.80. The molecular formula is C16H16N2O4. The summed E-state index contributed by atoms with van der Waals surface area (Å²) in [7, 11) is 0. The molecule has 2 N–H and O–H groups in total. The van der Waals surface area contributed by atoms with Crippen LogP contribution in [0.1, 0.15) is 11.1 Å². The van der Waals surface area contributed by atoms with Crippen LogP contribution in [0.5, 0.6) is 0 Å². The summed E-state index contributed by atoms with van der Waals surface area (Å²) < 4.78 is 4.99. The lowest BCUT2D eigenvalue weighted by Gasteiger charge is -2.14. The number of carbonyl (C=O) groups excluding carboxylic acids is 1. The number of rotatable bonds is 6. The average molecular weight is 300 g/mol. The zero-order chi connectivity index (χ0) is 15.8. The quantitative estimate of drug-likeness (QED) is 0.852. The molecule has 2 aromatic rings. The van der Waals surface area contributed by atoms with Crippen LogP contribution in [0.2, 0.25) is 0 Å². The number of hydrogen-bond acceptors (Lipinski definition) is 4. The molecule has 6 nitrogen and oxygen atoms in total. The Hall–Kier alpha value is -2.89. The molecule has 1 heterocycles. The van der Waals surface area contributed by atoms with Gasteiger partial charge in [0.2, 0.25) is 0 Å². The number of carboxylic acids is 1. The molecule has 114 valence electrons. The number of nitrogens with zero attached hydrogens (tertiary/aromatic N) is 1. The number of alkyl carbamates (subject to hydrolysis) is 1. The monoisotopic (exact) mass is 300 g/mol. The third-order valence-corrected chi connectivity index (χ3v) is 2.97. The Labute approximate surface area is 127 Å². The number of carbonyl (C=O) groups is 2. The number of aromatic nitrogens is 1. The lowest BCUT2D eigenvalue weighted by Crippen LogP contribution is -2.42. The second-order valence-electron chi connectivity index (χ2n) is 4.66. The van der Waals surface area contributed by atoms with Crippen LogP contribution in [0.25, 0.3) is 0 Å². The van der Waals surface area contributed by atoms with Crippen molar-refractivity contribution in [3.63, 3.8) is 0 Å². The number of nitrogens with one attached hydrogen (secondary N) is 1. The first-order chi connectivity index (χ1) is 10.6. The van der Waals surface area contributed by atoms with E-state index in [9.17, 15) is 14.7 Å². The zero-order valence-corrected chi connectivity index (χ0v) is 11.8. The molecule has 0 unspecified atom stereocenters. The van der Waals surface area contributed by atoms with E-state index < -0.39 is 18.1 Å². The summed E-state index contributed by atoms with van der Waals surface area (Å²) in [5, 5.41) is 11.5. The van der Waals surface area contributed by atoms with Gasteiger partial charge in [0, 0.05) is 24.4 Å². The molecule has 0 saturated heterocycles. The van der Waals surface area contributed by atoms with Crippen LogP contribution in [-0.2, 0) is 22.6 Å². The van der Waals surface area contributed by atoms with Crippen molar-refractivity contribution in [2.45, 2.75) is 19.1 Å². The van der Waals surface area contributed by atoms with E-state index in [1.165, 1.54) is 0 Å². The molecule has 0 radical (unpaired) electrons. The normalized spacial score (nSPS) is 11.5. The fourth-order valence-electron chi connectivity index (χ4n) is 1.87. The van der Waals surface area contributed by atoms with Crippen LogP contribution in [0, 0.1) is 0 Å². The lowest BCUT2D eigenvalue weighted by atomic mass is 10.1. The molecule has 1 aromatic heterocycles. The Morgan fingerprint density at radius 1 is 1.14 bits per heavy atom. The number of carboxylic acid groups (broad SMARTS) is 1. The Balaban J connectivity index is 1.88. The first-order valence-electron chi connectivity index (χ1n) is 6.74. The van der Waals surface area contributed by atoms with E-state index in [-0.39, 0.29) is 13.0 Å². The molecule has 2 rings (SSSR count). The molecule has 0 fully saturated rings. The second-order valence-corrected chi connectivity index (χ2v) is 4.66. The molecular weight excluding hydrogens is 284 g/mol. The zero-order valence-electron chi connectivity index (χ0n) is 11.8. The molecule has 22 heavy (non-hydrogen) atoms. The van der Waals surface area contributed by atoms with Gasteiger partial charge in [0.1, 0.15) is 12.6 Å². The summed E-state index contributed by atoms with van der Waals surface area (Å²) in [6.45, 7) is 0.0390. The van der Waals surface area contributed by atoms with Crippen LogP contribution >= 0.6 is 0 Å². The fourth-order valence-corrected chi connectivity index (χ4v) is 1.87. The highest BCUT2D eigenvalue weighted by Crippen LogP contribution is 2.04. The van der Waals surface area contributed by atoms with Gasteiger partial charge in [-0.1, -0.05) is 36.4 Å². The summed E-state index contributed by atoms with van der Waals surface area (Å²) >= 11 is 0. The standard InChI is InChI=1S/C16H16N2O4/c19-15(20)14(9-12-5-2-1-3-6-12)18-16(21)22-11-13-7-4-8-17-10-13/h1-8,10,14H,9,11H2,(H,18,21)(H,19,20)/t14-/m0/s1. The molecule has 1 amide bonds. The number of ether oxygens (including phenoxy) is 1. The second kappa shape index (κ2) is 7.78. The van der Waals surface area contributed by atoms with Crippen LogP contribution in [0.4, 0.5) is 4.79 Å². The molecule has 6 heteroatoms. The predicted octanol–water partition coefficient (Wildman–Crippen LogP) is 2.00. The number of aliphatic carboxylic acids is 1. The summed E-state index contributed by atoms with van der Waals surface area (Å²) in [5.41, 5.74) is 1.55. The van der Waals surface area contributed by atoms with Crippen molar-refractivity contribution in [3.8, 4) is 0 Å². The summed E-state index contributed by atoms with van der Waals surface area (Å²) in [6, 6.07) is 11.5. The smallest absolute Gasteiger partial charge is 0.408 e. The van der Waals surface area contributed by atoms with Crippen LogP contribution in [-0.4, -0.2) is 28.2 Å². The van der Waals surface area contributed by atoms with Gasteiger partial charge in [0.25, 0.3) is 0 Å². The highest BCUT2D eigenvalue weighted by atomic mass is 16.5. The Kier molecular flexibility index (Phi) is 5.48. The highest BCUT2D eigenvalue weighted by Gasteiger charge is 2.21. The maximum atomic E-state index is 11.7. The van der Waals surface area contributed by atoms with Crippen LogP contribution in [0.3, 0.4) is 0 Å². The van der Waals surface area contributed by atoms with Crippen molar-refractivity contribution in [3.05, 3.63) is 66.0 Å². The fraction of sp³-hybridized carbons (Fsp3) is 0.188. The minimum absolute atomic E-state index is 0.0390. The molecule has 0 aliphatic heterocycles. The van der Waals surface area contributed by atoms with Gasteiger partial charge < -0.3 is 15.2 Å². The van der Waals surface area contributed by atoms with Crippen molar-refractivity contribution < 1.29 is 19.4 Å². The average Bonchev–Trinajstić information content (AvgIpc) is 2.54. The minimum Gasteiger partial charge on any atom is -0.480 e. The number of amides is 1. The number of hydrogen-bond donors (Lipinski definition) is 2. The maximum Gasteiger partial charge on any atom is 0.408 e. The molecule has 0 aliphatic rings. The molecule has 0 aliphatic carbocycles. The first kappa shape index (κ1) is 15.5. The topological polar surface area (TPSA) is 88.5 Å².